The second kappa shape index (κ2) is 4.76. The lowest BCUT2D eigenvalue weighted by Gasteiger charge is -2.14. The maximum atomic E-state index is 13.0. The number of halogens is 3. The summed E-state index contributed by atoms with van der Waals surface area (Å²) in [4.78, 5) is 12.1. The van der Waals surface area contributed by atoms with Gasteiger partial charge in [0.15, 0.2) is 5.78 Å². The zero-order valence-corrected chi connectivity index (χ0v) is 9.74. The van der Waals surface area contributed by atoms with Gasteiger partial charge in [-0.25, -0.2) is 0 Å². The van der Waals surface area contributed by atoms with Gasteiger partial charge in [0.1, 0.15) is 0 Å². The van der Waals surface area contributed by atoms with Gasteiger partial charge in [0.2, 0.25) is 0 Å². The average Bonchev–Trinajstić information content (AvgIpc) is 2.37. The third kappa shape index (κ3) is 2.59. The highest BCUT2D eigenvalue weighted by atomic mass is 19.4. The molecule has 0 amide bonds. The zero-order chi connectivity index (χ0) is 14.0. The van der Waals surface area contributed by atoms with E-state index >= 15 is 0 Å². The lowest BCUT2D eigenvalue weighted by Crippen LogP contribution is -2.16. The first-order chi connectivity index (χ1) is 8.91. The largest absolute Gasteiger partial charge is 0.419 e. The van der Waals surface area contributed by atoms with E-state index in [1.165, 1.54) is 18.2 Å². The van der Waals surface area contributed by atoms with Crippen molar-refractivity contribution in [2.75, 3.05) is 5.73 Å². The number of ketones is 1. The Labute approximate surface area is 107 Å². The van der Waals surface area contributed by atoms with Crippen LogP contribution in [0.2, 0.25) is 0 Å². The number of benzene rings is 2. The number of carbonyl (C=O) groups excluding carboxylic acids is 1. The number of carbonyl (C=O) groups is 1. The van der Waals surface area contributed by atoms with Crippen molar-refractivity contribution in [3.63, 3.8) is 0 Å². The second-order valence-corrected chi connectivity index (χ2v) is 3.96. The molecule has 0 atom stereocenters. The number of alkyl halides is 3. The van der Waals surface area contributed by atoms with Crippen molar-refractivity contribution in [1.82, 2.24) is 0 Å². The first-order valence-electron chi connectivity index (χ1n) is 5.46. The summed E-state index contributed by atoms with van der Waals surface area (Å²) in [5.41, 5.74) is 3.58. The lowest BCUT2D eigenvalue weighted by molar-refractivity contribution is -0.137. The van der Waals surface area contributed by atoms with E-state index in [0.717, 1.165) is 12.1 Å². The van der Waals surface area contributed by atoms with Crippen LogP contribution in [-0.4, -0.2) is 5.78 Å². The number of anilines is 1. The summed E-state index contributed by atoms with van der Waals surface area (Å²) in [6, 6.07) is 11.4. The molecule has 0 aliphatic heterocycles. The molecule has 0 spiro atoms. The Kier molecular flexibility index (Phi) is 3.29. The third-order valence-corrected chi connectivity index (χ3v) is 2.66. The maximum Gasteiger partial charge on any atom is 0.419 e. The van der Waals surface area contributed by atoms with Crippen LogP contribution < -0.4 is 5.73 Å². The molecule has 2 aromatic rings. The molecule has 5 heteroatoms. The standard InChI is InChI=1S/C14H10F3NO/c15-14(16,17)12-10(7-4-8-11(12)18)13(19)9-5-2-1-3-6-9/h1-8H,18H2. The highest BCUT2D eigenvalue weighted by Crippen LogP contribution is 2.36. The van der Waals surface area contributed by atoms with Crippen molar-refractivity contribution in [2.24, 2.45) is 0 Å². The van der Waals surface area contributed by atoms with Crippen LogP contribution >= 0.6 is 0 Å². The fourth-order valence-electron chi connectivity index (χ4n) is 1.82. The molecule has 0 aliphatic rings. The molecule has 0 aromatic heterocycles. The van der Waals surface area contributed by atoms with Crippen LogP contribution in [0, 0.1) is 0 Å². The summed E-state index contributed by atoms with van der Waals surface area (Å²) in [5.74, 6) is -0.694. The van der Waals surface area contributed by atoms with E-state index in [4.69, 9.17) is 5.73 Å². The molecular weight excluding hydrogens is 255 g/mol. The van der Waals surface area contributed by atoms with Gasteiger partial charge >= 0.3 is 6.18 Å². The highest BCUT2D eigenvalue weighted by Gasteiger charge is 2.37. The number of hydrogen-bond acceptors (Lipinski definition) is 2. The van der Waals surface area contributed by atoms with Gasteiger partial charge in [-0.05, 0) is 6.07 Å². The Hall–Kier alpha value is -2.30. The molecule has 2 rings (SSSR count). The molecule has 19 heavy (non-hydrogen) atoms. The predicted molar refractivity (Wildman–Crippen MR) is 65.7 cm³/mol. The van der Waals surface area contributed by atoms with Gasteiger partial charge < -0.3 is 5.73 Å². The molecule has 0 radical (unpaired) electrons. The van der Waals surface area contributed by atoms with Gasteiger partial charge in [-0.1, -0.05) is 42.5 Å². The van der Waals surface area contributed by atoms with Crippen LogP contribution in [0.1, 0.15) is 21.5 Å². The first-order valence-corrected chi connectivity index (χ1v) is 5.46. The number of nitrogens with two attached hydrogens (primary N) is 1. The van der Waals surface area contributed by atoms with Gasteiger partial charge in [0, 0.05) is 16.8 Å². The molecule has 0 aliphatic carbocycles. The van der Waals surface area contributed by atoms with Gasteiger partial charge in [0.05, 0.1) is 5.56 Å². The molecule has 0 bridgehead atoms. The van der Waals surface area contributed by atoms with Gasteiger partial charge in [0.25, 0.3) is 0 Å². The number of hydrogen-bond donors (Lipinski definition) is 1. The molecule has 0 saturated carbocycles. The first kappa shape index (κ1) is 13.1. The fourth-order valence-corrected chi connectivity index (χ4v) is 1.82. The van der Waals surface area contributed by atoms with Crippen molar-refractivity contribution in [3.05, 3.63) is 65.2 Å². The minimum absolute atomic E-state index is 0.193. The van der Waals surface area contributed by atoms with Crippen LogP contribution in [0.5, 0.6) is 0 Å². The quantitative estimate of drug-likeness (QED) is 0.667. The van der Waals surface area contributed by atoms with E-state index in [9.17, 15) is 18.0 Å². The smallest absolute Gasteiger partial charge is 0.398 e. The van der Waals surface area contributed by atoms with Gasteiger partial charge in [-0.15, -0.1) is 0 Å². The fraction of sp³-hybridized carbons (Fsp3) is 0.0714. The Morgan fingerprint density at radius 2 is 1.58 bits per heavy atom. The molecule has 98 valence electrons. The lowest BCUT2D eigenvalue weighted by atomic mass is 9.97. The molecule has 0 heterocycles. The second-order valence-electron chi connectivity index (χ2n) is 3.96. The third-order valence-electron chi connectivity index (χ3n) is 2.66. The van der Waals surface area contributed by atoms with Crippen molar-refractivity contribution in [3.8, 4) is 0 Å². The van der Waals surface area contributed by atoms with Crippen LogP contribution in [0.15, 0.2) is 48.5 Å². The SMILES string of the molecule is Nc1cccc(C(=O)c2ccccc2)c1C(F)(F)F. The van der Waals surface area contributed by atoms with E-state index in [-0.39, 0.29) is 5.56 Å². The van der Waals surface area contributed by atoms with Crippen molar-refractivity contribution in [1.29, 1.82) is 0 Å². The monoisotopic (exact) mass is 265 g/mol. The van der Waals surface area contributed by atoms with E-state index in [2.05, 4.69) is 0 Å². The Morgan fingerprint density at radius 3 is 2.16 bits per heavy atom. The average molecular weight is 265 g/mol. The van der Waals surface area contributed by atoms with Gasteiger partial charge in [-0.2, -0.15) is 13.2 Å². The van der Waals surface area contributed by atoms with E-state index in [1.807, 2.05) is 0 Å². The van der Waals surface area contributed by atoms with E-state index < -0.39 is 28.8 Å². The molecule has 0 fully saturated rings. The Bertz CT molecular complexity index is 606. The van der Waals surface area contributed by atoms with Crippen molar-refractivity contribution >= 4 is 11.5 Å². The summed E-state index contributed by atoms with van der Waals surface area (Å²) in [6.07, 6.45) is -4.66. The summed E-state index contributed by atoms with van der Waals surface area (Å²) < 4.78 is 38.9. The molecule has 2 nitrogen and oxygen atoms in total. The topological polar surface area (TPSA) is 43.1 Å². The summed E-state index contributed by atoms with van der Waals surface area (Å²) >= 11 is 0. The highest BCUT2D eigenvalue weighted by molar-refractivity contribution is 6.10. The Balaban J connectivity index is 2.58. The van der Waals surface area contributed by atoms with Crippen LogP contribution in [0.4, 0.5) is 18.9 Å². The number of nitrogen functional groups attached to an aromatic ring is 1. The van der Waals surface area contributed by atoms with Crippen molar-refractivity contribution < 1.29 is 18.0 Å². The Morgan fingerprint density at radius 1 is 0.947 bits per heavy atom. The normalized spacial score (nSPS) is 11.3. The zero-order valence-electron chi connectivity index (χ0n) is 9.74. The summed E-state index contributed by atoms with van der Waals surface area (Å²) in [7, 11) is 0. The number of rotatable bonds is 2. The van der Waals surface area contributed by atoms with E-state index in [0.29, 0.717) is 0 Å². The molecule has 2 N–H and O–H groups in total. The maximum absolute atomic E-state index is 13.0. The predicted octanol–water partition coefficient (Wildman–Crippen LogP) is 3.52. The molecule has 2 aromatic carbocycles. The van der Waals surface area contributed by atoms with Gasteiger partial charge in [-0.3, -0.25) is 4.79 Å². The van der Waals surface area contributed by atoms with Crippen molar-refractivity contribution in [2.45, 2.75) is 6.18 Å². The molecule has 0 unspecified atom stereocenters. The summed E-state index contributed by atoms with van der Waals surface area (Å²) in [6.45, 7) is 0. The van der Waals surface area contributed by atoms with Crippen LogP contribution in [-0.2, 0) is 6.18 Å². The van der Waals surface area contributed by atoms with E-state index in [1.54, 1.807) is 18.2 Å². The minimum atomic E-state index is -4.66. The summed E-state index contributed by atoms with van der Waals surface area (Å²) in [5, 5.41) is 0. The molecular formula is C14H10F3NO. The minimum Gasteiger partial charge on any atom is -0.398 e. The van der Waals surface area contributed by atoms with Crippen LogP contribution in [0.3, 0.4) is 0 Å². The van der Waals surface area contributed by atoms with Crippen LogP contribution in [0.25, 0.3) is 0 Å². The molecule has 0 saturated heterocycles.